The van der Waals surface area contributed by atoms with Gasteiger partial charge < -0.3 is 5.32 Å². The van der Waals surface area contributed by atoms with Gasteiger partial charge in [-0.05, 0) is 52.7 Å². The lowest BCUT2D eigenvalue weighted by Crippen LogP contribution is -2.18. The fourth-order valence-corrected chi connectivity index (χ4v) is 2.20. The van der Waals surface area contributed by atoms with Crippen LogP contribution in [0.1, 0.15) is 24.2 Å². The Morgan fingerprint density at radius 3 is 2.83 bits per heavy atom. The SMILES string of the molecule is C[C@@H](NCc1ccc(Cl)c(Br)c1)c1ccccn1. The first-order chi connectivity index (χ1) is 8.66. The Kier molecular flexibility index (Phi) is 4.75. The number of rotatable bonds is 4. The largest absolute Gasteiger partial charge is 0.305 e. The maximum absolute atomic E-state index is 5.96. The zero-order valence-corrected chi connectivity index (χ0v) is 12.4. The van der Waals surface area contributed by atoms with E-state index in [1.807, 2.05) is 42.6 Å². The summed E-state index contributed by atoms with van der Waals surface area (Å²) in [5.41, 5.74) is 2.24. The summed E-state index contributed by atoms with van der Waals surface area (Å²) < 4.78 is 0.925. The van der Waals surface area contributed by atoms with Crippen LogP contribution in [-0.2, 0) is 6.54 Å². The highest BCUT2D eigenvalue weighted by Gasteiger charge is 2.06. The highest BCUT2D eigenvalue weighted by Crippen LogP contribution is 2.23. The van der Waals surface area contributed by atoms with Crippen LogP contribution in [0.5, 0.6) is 0 Å². The maximum atomic E-state index is 5.96. The average Bonchev–Trinajstić information content (AvgIpc) is 2.41. The molecule has 1 N–H and O–H groups in total. The third kappa shape index (κ3) is 3.55. The van der Waals surface area contributed by atoms with Crippen LogP contribution in [0.2, 0.25) is 5.02 Å². The monoisotopic (exact) mass is 324 g/mol. The maximum Gasteiger partial charge on any atom is 0.0570 e. The van der Waals surface area contributed by atoms with Crippen LogP contribution in [0.15, 0.2) is 47.1 Å². The van der Waals surface area contributed by atoms with Gasteiger partial charge in [0.1, 0.15) is 0 Å². The second-order valence-electron chi connectivity index (χ2n) is 4.11. The molecule has 4 heteroatoms. The fourth-order valence-electron chi connectivity index (χ4n) is 1.66. The van der Waals surface area contributed by atoms with Gasteiger partial charge in [0.2, 0.25) is 0 Å². The van der Waals surface area contributed by atoms with Crippen molar-refractivity contribution in [2.45, 2.75) is 19.5 Å². The van der Waals surface area contributed by atoms with E-state index >= 15 is 0 Å². The van der Waals surface area contributed by atoms with Gasteiger partial charge in [0, 0.05) is 23.3 Å². The summed E-state index contributed by atoms with van der Waals surface area (Å²) in [5, 5.41) is 4.17. The number of benzene rings is 1. The van der Waals surface area contributed by atoms with Crippen LogP contribution in [0, 0.1) is 0 Å². The molecule has 0 bridgehead atoms. The van der Waals surface area contributed by atoms with Crippen molar-refractivity contribution in [3.05, 3.63) is 63.3 Å². The van der Waals surface area contributed by atoms with Gasteiger partial charge >= 0.3 is 0 Å². The van der Waals surface area contributed by atoms with Gasteiger partial charge in [0.05, 0.1) is 10.7 Å². The van der Waals surface area contributed by atoms with Crippen molar-refractivity contribution >= 4 is 27.5 Å². The number of hydrogen-bond acceptors (Lipinski definition) is 2. The lowest BCUT2D eigenvalue weighted by molar-refractivity contribution is 0.561. The van der Waals surface area contributed by atoms with Crippen molar-refractivity contribution in [3.63, 3.8) is 0 Å². The van der Waals surface area contributed by atoms with Crippen LogP contribution in [0.25, 0.3) is 0 Å². The van der Waals surface area contributed by atoms with Crippen LogP contribution >= 0.6 is 27.5 Å². The van der Waals surface area contributed by atoms with Crippen molar-refractivity contribution in [3.8, 4) is 0 Å². The van der Waals surface area contributed by atoms with Gasteiger partial charge in [-0.15, -0.1) is 0 Å². The number of hydrogen-bond donors (Lipinski definition) is 1. The smallest absolute Gasteiger partial charge is 0.0570 e. The first-order valence-electron chi connectivity index (χ1n) is 5.75. The van der Waals surface area contributed by atoms with E-state index in [1.54, 1.807) is 0 Å². The van der Waals surface area contributed by atoms with E-state index in [1.165, 1.54) is 5.56 Å². The van der Waals surface area contributed by atoms with Crippen LogP contribution in [0.4, 0.5) is 0 Å². The summed E-state index contributed by atoms with van der Waals surface area (Å²) in [7, 11) is 0. The average molecular weight is 326 g/mol. The normalized spacial score (nSPS) is 12.4. The van der Waals surface area contributed by atoms with E-state index in [-0.39, 0.29) is 6.04 Å². The fraction of sp³-hybridized carbons (Fsp3) is 0.214. The molecule has 2 aromatic rings. The van der Waals surface area contributed by atoms with Crippen molar-refractivity contribution in [2.24, 2.45) is 0 Å². The number of nitrogens with one attached hydrogen (secondary N) is 1. The molecular weight excluding hydrogens is 312 g/mol. The van der Waals surface area contributed by atoms with Gasteiger partial charge in [-0.2, -0.15) is 0 Å². The predicted octanol–water partition coefficient (Wildman–Crippen LogP) is 4.35. The molecule has 94 valence electrons. The Hall–Kier alpha value is -0.900. The van der Waals surface area contributed by atoms with E-state index in [9.17, 15) is 0 Å². The quantitative estimate of drug-likeness (QED) is 0.904. The molecule has 0 saturated heterocycles. The lowest BCUT2D eigenvalue weighted by Gasteiger charge is -2.13. The van der Waals surface area contributed by atoms with E-state index in [4.69, 9.17) is 11.6 Å². The summed E-state index contributed by atoms with van der Waals surface area (Å²) in [6.45, 7) is 2.89. The van der Waals surface area contributed by atoms with Gasteiger partial charge in [0.25, 0.3) is 0 Å². The minimum atomic E-state index is 0.223. The highest BCUT2D eigenvalue weighted by atomic mass is 79.9. The lowest BCUT2D eigenvalue weighted by atomic mass is 10.2. The number of aromatic nitrogens is 1. The summed E-state index contributed by atoms with van der Waals surface area (Å²) in [6, 6.07) is 12.1. The predicted molar refractivity (Wildman–Crippen MR) is 78.6 cm³/mol. The van der Waals surface area contributed by atoms with Crippen LogP contribution < -0.4 is 5.32 Å². The van der Waals surface area contributed by atoms with E-state index in [0.717, 1.165) is 21.7 Å². The summed E-state index contributed by atoms with van der Waals surface area (Å²) in [4.78, 5) is 4.33. The Bertz CT molecular complexity index is 516. The molecule has 1 atom stereocenters. The van der Waals surface area contributed by atoms with Gasteiger partial charge in [0.15, 0.2) is 0 Å². The van der Waals surface area contributed by atoms with Crippen molar-refractivity contribution in [1.29, 1.82) is 0 Å². The third-order valence-electron chi connectivity index (χ3n) is 2.73. The molecule has 1 heterocycles. The molecule has 0 radical (unpaired) electrons. The summed E-state index contributed by atoms with van der Waals surface area (Å²) >= 11 is 9.39. The molecule has 18 heavy (non-hydrogen) atoms. The molecule has 0 fully saturated rings. The highest BCUT2D eigenvalue weighted by molar-refractivity contribution is 9.10. The zero-order valence-electron chi connectivity index (χ0n) is 10.0. The van der Waals surface area contributed by atoms with Crippen molar-refractivity contribution in [2.75, 3.05) is 0 Å². The number of halogens is 2. The molecule has 0 spiro atoms. The van der Waals surface area contributed by atoms with Crippen LogP contribution in [0.3, 0.4) is 0 Å². The van der Waals surface area contributed by atoms with E-state index in [2.05, 4.69) is 33.2 Å². The zero-order chi connectivity index (χ0) is 13.0. The molecule has 1 aromatic carbocycles. The molecule has 0 saturated carbocycles. The first-order valence-corrected chi connectivity index (χ1v) is 6.92. The molecule has 2 nitrogen and oxygen atoms in total. The molecule has 0 amide bonds. The molecule has 1 aromatic heterocycles. The molecule has 0 aliphatic carbocycles. The van der Waals surface area contributed by atoms with E-state index < -0.39 is 0 Å². The van der Waals surface area contributed by atoms with Crippen molar-refractivity contribution < 1.29 is 0 Å². The number of nitrogens with zero attached hydrogens (tertiary/aromatic N) is 1. The second kappa shape index (κ2) is 6.32. The third-order valence-corrected chi connectivity index (χ3v) is 3.94. The minimum Gasteiger partial charge on any atom is -0.305 e. The second-order valence-corrected chi connectivity index (χ2v) is 5.37. The molecule has 0 aliphatic heterocycles. The Labute approximate surface area is 121 Å². The number of pyridine rings is 1. The Balaban J connectivity index is 1.97. The molecule has 2 rings (SSSR count). The van der Waals surface area contributed by atoms with Gasteiger partial charge in [-0.3, -0.25) is 4.98 Å². The van der Waals surface area contributed by atoms with E-state index in [0.29, 0.717) is 0 Å². The van der Waals surface area contributed by atoms with Gasteiger partial charge in [-0.25, -0.2) is 0 Å². The Morgan fingerprint density at radius 1 is 1.33 bits per heavy atom. The Morgan fingerprint density at radius 2 is 2.17 bits per heavy atom. The van der Waals surface area contributed by atoms with Crippen LogP contribution in [-0.4, -0.2) is 4.98 Å². The first kappa shape index (κ1) is 13.5. The molecular formula is C14H14BrClN2. The summed E-state index contributed by atoms with van der Waals surface area (Å²) in [5.74, 6) is 0. The van der Waals surface area contributed by atoms with Gasteiger partial charge in [-0.1, -0.05) is 23.7 Å². The molecule has 0 unspecified atom stereocenters. The standard InChI is InChI=1S/C14H14BrClN2/c1-10(14-4-2-3-7-17-14)18-9-11-5-6-13(16)12(15)8-11/h2-8,10,18H,9H2,1H3/t10-/m1/s1. The summed E-state index contributed by atoms with van der Waals surface area (Å²) in [6.07, 6.45) is 1.81. The topological polar surface area (TPSA) is 24.9 Å². The van der Waals surface area contributed by atoms with Crippen molar-refractivity contribution in [1.82, 2.24) is 10.3 Å². The minimum absolute atomic E-state index is 0.223. The molecule has 0 aliphatic rings.